The van der Waals surface area contributed by atoms with E-state index in [-0.39, 0.29) is 12.2 Å². The number of carbonyl (C=O) groups is 2. The van der Waals surface area contributed by atoms with Crippen molar-refractivity contribution in [2.45, 2.75) is 6.92 Å². The average Bonchev–Trinajstić information content (AvgIpc) is 2.56. The van der Waals surface area contributed by atoms with Gasteiger partial charge in [0.2, 0.25) is 0 Å². The zero-order valence-corrected chi connectivity index (χ0v) is 13.3. The summed E-state index contributed by atoms with van der Waals surface area (Å²) in [5.74, 6) is -1.20. The summed E-state index contributed by atoms with van der Waals surface area (Å²) in [6.07, 6.45) is 1.50. The van der Waals surface area contributed by atoms with Crippen LogP contribution in [0.5, 0.6) is 0 Å². The first-order valence-corrected chi connectivity index (χ1v) is 7.48. The fourth-order valence-electron chi connectivity index (χ4n) is 1.87. The van der Waals surface area contributed by atoms with Crippen molar-refractivity contribution in [2.24, 2.45) is 0 Å². The summed E-state index contributed by atoms with van der Waals surface area (Å²) in [6, 6.07) is 15.7. The summed E-state index contributed by atoms with van der Waals surface area (Å²) < 4.78 is 4.97. The largest absolute Gasteiger partial charge is 0.462 e. The van der Waals surface area contributed by atoms with E-state index in [0.717, 1.165) is 5.56 Å². The van der Waals surface area contributed by atoms with Gasteiger partial charge >= 0.3 is 5.97 Å². The maximum Gasteiger partial charge on any atom is 0.343 e. The van der Waals surface area contributed by atoms with Gasteiger partial charge in [-0.3, -0.25) is 4.79 Å². The van der Waals surface area contributed by atoms with Crippen LogP contribution in [0, 0.1) is 0 Å². The molecular formula is C18H16ClNO3. The van der Waals surface area contributed by atoms with Gasteiger partial charge in [-0.1, -0.05) is 41.9 Å². The highest BCUT2D eigenvalue weighted by molar-refractivity contribution is 6.30. The monoisotopic (exact) mass is 329 g/mol. The van der Waals surface area contributed by atoms with E-state index in [2.05, 4.69) is 5.32 Å². The Balaban J connectivity index is 2.25. The van der Waals surface area contributed by atoms with Crippen molar-refractivity contribution >= 4 is 35.2 Å². The minimum absolute atomic E-state index is 0.0620. The SMILES string of the molecule is CCOC(=O)C(=Cc1ccccc1)C(=O)Nc1ccc(Cl)cc1. The van der Waals surface area contributed by atoms with Crippen LogP contribution >= 0.6 is 11.6 Å². The van der Waals surface area contributed by atoms with Crippen molar-refractivity contribution in [1.82, 2.24) is 0 Å². The molecule has 1 N–H and O–H groups in total. The number of hydrogen-bond donors (Lipinski definition) is 1. The molecule has 118 valence electrons. The summed E-state index contributed by atoms with van der Waals surface area (Å²) in [4.78, 5) is 24.5. The topological polar surface area (TPSA) is 55.4 Å². The molecule has 0 atom stereocenters. The van der Waals surface area contributed by atoms with Gasteiger partial charge in [0.25, 0.3) is 5.91 Å². The van der Waals surface area contributed by atoms with Crippen molar-refractivity contribution in [3.8, 4) is 0 Å². The first-order valence-electron chi connectivity index (χ1n) is 7.11. The molecule has 0 radical (unpaired) electrons. The van der Waals surface area contributed by atoms with E-state index in [0.29, 0.717) is 10.7 Å². The van der Waals surface area contributed by atoms with E-state index < -0.39 is 11.9 Å². The molecule has 0 spiro atoms. The highest BCUT2D eigenvalue weighted by atomic mass is 35.5. The molecule has 23 heavy (non-hydrogen) atoms. The standard InChI is InChI=1S/C18H16ClNO3/c1-2-23-18(22)16(12-13-6-4-3-5-7-13)17(21)20-15-10-8-14(19)9-11-15/h3-12H,2H2,1H3,(H,20,21). The van der Waals surface area contributed by atoms with Crippen LogP contribution in [0.1, 0.15) is 12.5 Å². The van der Waals surface area contributed by atoms with Crippen molar-refractivity contribution in [1.29, 1.82) is 0 Å². The lowest BCUT2D eigenvalue weighted by Crippen LogP contribution is -2.22. The molecule has 0 fully saturated rings. The summed E-state index contributed by atoms with van der Waals surface area (Å²) in [5, 5.41) is 3.23. The Bertz CT molecular complexity index is 709. The second kappa shape index (κ2) is 8.15. The number of anilines is 1. The van der Waals surface area contributed by atoms with Crippen molar-refractivity contribution in [3.63, 3.8) is 0 Å². The third-order valence-corrected chi connectivity index (χ3v) is 3.20. The molecule has 0 saturated carbocycles. The van der Waals surface area contributed by atoms with E-state index in [1.165, 1.54) is 6.08 Å². The Morgan fingerprint density at radius 3 is 2.35 bits per heavy atom. The molecule has 0 aliphatic rings. The molecule has 0 aromatic heterocycles. The first-order chi connectivity index (χ1) is 11.1. The van der Waals surface area contributed by atoms with Crippen LogP contribution in [0.15, 0.2) is 60.2 Å². The number of carbonyl (C=O) groups excluding carboxylic acids is 2. The molecule has 2 aromatic rings. The lowest BCUT2D eigenvalue weighted by molar-refractivity contribution is -0.139. The molecule has 4 nitrogen and oxygen atoms in total. The molecule has 2 aromatic carbocycles. The van der Waals surface area contributed by atoms with Crippen molar-refractivity contribution in [3.05, 3.63) is 70.8 Å². The van der Waals surface area contributed by atoms with Crippen LogP contribution < -0.4 is 5.32 Å². The third-order valence-electron chi connectivity index (χ3n) is 2.95. The Kier molecular flexibility index (Phi) is 5.94. The maximum atomic E-state index is 12.4. The van der Waals surface area contributed by atoms with Gasteiger partial charge in [-0.25, -0.2) is 4.79 Å². The van der Waals surface area contributed by atoms with Crippen LogP contribution in [-0.2, 0) is 14.3 Å². The molecule has 0 heterocycles. The Hall–Kier alpha value is -2.59. The third kappa shape index (κ3) is 4.97. The number of halogens is 1. The fraction of sp³-hybridized carbons (Fsp3) is 0.111. The van der Waals surface area contributed by atoms with Gasteiger partial charge < -0.3 is 10.1 Å². The Morgan fingerprint density at radius 1 is 1.09 bits per heavy atom. The van der Waals surface area contributed by atoms with Gasteiger partial charge in [0.1, 0.15) is 5.57 Å². The summed E-state index contributed by atoms with van der Waals surface area (Å²) in [7, 11) is 0. The minimum atomic E-state index is -0.664. The molecule has 0 saturated heterocycles. The van der Waals surface area contributed by atoms with Gasteiger partial charge in [0.15, 0.2) is 0 Å². The predicted octanol–water partition coefficient (Wildman–Crippen LogP) is 3.93. The number of ether oxygens (including phenoxy) is 1. The van der Waals surface area contributed by atoms with Crippen molar-refractivity contribution in [2.75, 3.05) is 11.9 Å². The Morgan fingerprint density at radius 2 is 1.74 bits per heavy atom. The molecular weight excluding hydrogens is 314 g/mol. The molecule has 0 bridgehead atoms. The summed E-state index contributed by atoms with van der Waals surface area (Å²) in [5.41, 5.74) is 1.22. The van der Waals surface area contributed by atoms with Gasteiger partial charge in [0.05, 0.1) is 6.61 Å². The summed E-state index contributed by atoms with van der Waals surface area (Å²) in [6.45, 7) is 1.88. The van der Waals surface area contributed by atoms with Crippen LogP contribution in [-0.4, -0.2) is 18.5 Å². The van der Waals surface area contributed by atoms with E-state index in [1.807, 2.05) is 18.2 Å². The lowest BCUT2D eigenvalue weighted by atomic mass is 10.1. The second-order valence-corrected chi connectivity index (χ2v) is 5.09. The number of amides is 1. The predicted molar refractivity (Wildman–Crippen MR) is 91.1 cm³/mol. The molecule has 1 amide bonds. The maximum absolute atomic E-state index is 12.4. The van der Waals surface area contributed by atoms with E-state index in [4.69, 9.17) is 16.3 Å². The molecule has 2 rings (SSSR count). The number of nitrogens with one attached hydrogen (secondary N) is 1. The lowest BCUT2D eigenvalue weighted by Gasteiger charge is -2.09. The van der Waals surface area contributed by atoms with Gasteiger partial charge in [-0.05, 0) is 42.8 Å². The van der Waals surface area contributed by atoms with Crippen LogP contribution in [0.3, 0.4) is 0 Å². The minimum Gasteiger partial charge on any atom is -0.462 e. The van der Waals surface area contributed by atoms with Crippen LogP contribution in [0.4, 0.5) is 5.69 Å². The fourth-order valence-corrected chi connectivity index (χ4v) is 2.00. The van der Waals surface area contributed by atoms with Gasteiger partial charge in [-0.2, -0.15) is 0 Å². The normalized spacial score (nSPS) is 11.0. The van der Waals surface area contributed by atoms with Gasteiger partial charge in [-0.15, -0.1) is 0 Å². The average molecular weight is 330 g/mol. The summed E-state index contributed by atoms with van der Waals surface area (Å²) >= 11 is 5.81. The van der Waals surface area contributed by atoms with Crippen LogP contribution in [0.2, 0.25) is 5.02 Å². The quantitative estimate of drug-likeness (QED) is 0.391. The van der Waals surface area contributed by atoms with Gasteiger partial charge in [0, 0.05) is 10.7 Å². The van der Waals surface area contributed by atoms with Crippen LogP contribution in [0.25, 0.3) is 6.08 Å². The highest BCUT2D eigenvalue weighted by Crippen LogP contribution is 2.16. The zero-order valence-electron chi connectivity index (χ0n) is 12.6. The van der Waals surface area contributed by atoms with E-state index in [1.54, 1.807) is 43.3 Å². The first kappa shape index (κ1) is 16.8. The number of benzene rings is 2. The zero-order chi connectivity index (χ0) is 16.7. The number of hydrogen-bond acceptors (Lipinski definition) is 3. The second-order valence-electron chi connectivity index (χ2n) is 4.65. The molecule has 0 aliphatic heterocycles. The molecule has 0 aliphatic carbocycles. The number of rotatable bonds is 5. The highest BCUT2D eigenvalue weighted by Gasteiger charge is 2.19. The van der Waals surface area contributed by atoms with E-state index >= 15 is 0 Å². The Labute approximate surface area is 139 Å². The molecule has 5 heteroatoms. The number of esters is 1. The van der Waals surface area contributed by atoms with Crippen molar-refractivity contribution < 1.29 is 14.3 Å². The molecule has 0 unspecified atom stereocenters. The smallest absolute Gasteiger partial charge is 0.343 e. The van der Waals surface area contributed by atoms with E-state index in [9.17, 15) is 9.59 Å².